The van der Waals surface area contributed by atoms with Gasteiger partial charge in [0.1, 0.15) is 11.0 Å². The van der Waals surface area contributed by atoms with Crippen LogP contribution >= 0.6 is 0 Å². The average Bonchev–Trinajstić information content (AvgIpc) is 3.30. The molecule has 0 radical (unpaired) electrons. The molecule has 0 aromatic carbocycles. The van der Waals surface area contributed by atoms with Gasteiger partial charge < -0.3 is 9.64 Å². The molecule has 6 heteroatoms. The molecule has 1 atom stereocenters. The van der Waals surface area contributed by atoms with Gasteiger partial charge in [-0.1, -0.05) is 0 Å². The Balaban J connectivity index is 1.90. The van der Waals surface area contributed by atoms with Crippen molar-refractivity contribution >= 4 is 17.6 Å². The maximum Gasteiger partial charge on any atom is 0.357 e. The van der Waals surface area contributed by atoms with E-state index < -0.39 is 17.0 Å². The van der Waals surface area contributed by atoms with Crippen molar-refractivity contribution in [1.29, 1.82) is 5.26 Å². The number of anilines is 1. The summed E-state index contributed by atoms with van der Waals surface area (Å²) in [5.74, 6) is -0.501. The maximum atomic E-state index is 12.9. The average molecular weight is 341 g/mol. The molecule has 1 amide bonds. The van der Waals surface area contributed by atoms with Crippen LogP contribution in [0.4, 0.5) is 5.69 Å². The van der Waals surface area contributed by atoms with Gasteiger partial charge in [-0.3, -0.25) is 4.79 Å². The Hall–Kier alpha value is -2.42. The molecule has 0 N–H and O–H groups in total. The fourth-order valence-corrected chi connectivity index (χ4v) is 3.37. The quantitative estimate of drug-likeness (QED) is 0.789. The number of aryl methyl sites for hydroxylation is 1. The van der Waals surface area contributed by atoms with Gasteiger partial charge in [0.25, 0.3) is 0 Å². The second-order valence-electron chi connectivity index (χ2n) is 7.92. The number of pyridine rings is 1. The molecule has 1 aliphatic heterocycles. The van der Waals surface area contributed by atoms with E-state index in [2.05, 4.69) is 11.1 Å². The summed E-state index contributed by atoms with van der Waals surface area (Å²) in [7, 11) is 0. The number of hydrogen-bond acceptors (Lipinski definition) is 5. The smallest absolute Gasteiger partial charge is 0.357 e. The van der Waals surface area contributed by atoms with Gasteiger partial charge in [0.05, 0.1) is 6.07 Å². The van der Waals surface area contributed by atoms with Crippen LogP contribution in [0.2, 0.25) is 0 Å². The summed E-state index contributed by atoms with van der Waals surface area (Å²) in [6, 6.07) is 5.63. The van der Waals surface area contributed by atoms with Crippen molar-refractivity contribution in [2.45, 2.75) is 52.6 Å². The molecule has 0 bridgehead atoms. The number of aromatic nitrogens is 1. The molecule has 0 spiro atoms. The van der Waals surface area contributed by atoms with E-state index in [4.69, 9.17) is 4.74 Å². The predicted molar refractivity (Wildman–Crippen MR) is 91.9 cm³/mol. The van der Waals surface area contributed by atoms with Crippen molar-refractivity contribution in [3.8, 4) is 6.07 Å². The van der Waals surface area contributed by atoms with E-state index in [0.29, 0.717) is 24.3 Å². The molecule has 2 fully saturated rings. The summed E-state index contributed by atoms with van der Waals surface area (Å²) in [6.07, 6.45) is 2.41. The van der Waals surface area contributed by atoms with Crippen molar-refractivity contribution in [1.82, 2.24) is 4.98 Å². The first kappa shape index (κ1) is 17.4. The first-order chi connectivity index (χ1) is 11.7. The molecule has 132 valence electrons. The Labute approximate surface area is 147 Å². The highest BCUT2D eigenvalue weighted by Crippen LogP contribution is 2.51. The number of nitriles is 1. The van der Waals surface area contributed by atoms with Gasteiger partial charge in [0, 0.05) is 17.9 Å². The number of amides is 1. The third kappa shape index (κ3) is 3.23. The molecule has 6 nitrogen and oxygen atoms in total. The van der Waals surface area contributed by atoms with E-state index in [-0.39, 0.29) is 17.5 Å². The third-order valence-corrected chi connectivity index (χ3v) is 4.69. The Bertz CT molecular complexity index is 771. The lowest BCUT2D eigenvalue weighted by atomic mass is 9.83. The van der Waals surface area contributed by atoms with Crippen LogP contribution in [0.1, 0.15) is 56.2 Å². The van der Waals surface area contributed by atoms with Crippen molar-refractivity contribution < 1.29 is 14.3 Å². The molecule has 1 aromatic rings. The molecular weight excluding hydrogens is 318 g/mol. The molecular formula is C19H23N3O3. The molecule has 3 rings (SSSR count). The summed E-state index contributed by atoms with van der Waals surface area (Å²) >= 11 is 0. The highest BCUT2D eigenvalue weighted by molar-refractivity contribution is 6.03. The fraction of sp³-hybridized carbons (Fsp3) is 0.579. The van der Waals surface area contributed by atoms with Gasteiger partial charge in [-0.2, -0.15) is 5.26 Å². The standard InChI is InChI=1S/C19H23N3O3/c1-12-9-14(10-15(21-12)16(23)25-18(2,3)4)22-8-7-19(11-20,17(22)24)13-5-6-13/h9-10,13H,5-8H2,1-4H3/t19-/m1/s1. The molecule has 1 aliphatic carbocycles. The van der Waals surface area contributed by atoms with Gasteiger partial charge in [0.15, 0.2) is 5.69 Å². The minimum atomic E-state index is -0.900. The molecule has 1 saturated carbocycles. The number of nitrogens with zero attached hydrogens (tertiary/aromatic N) is 3. The minimum Gasteiger partial charge on any atom is -0.455 e. The minimum absolute atomic E-state index is 0.154. The number of esters is 1. The van der Waals surface area contributed by atoms with Crippen LogP contribution in [0.15, 0.2) is 12.1 Å². The number of ether oxygens (including phenoxy) is 1. The lowest BCUT2D eigenvalue weighted by Crippen LogP contribution is -2.35. The number of hydrogen-bond donors (Lipinski definition) is 0. The van der Waals surface area contributed by atoms with Crippen molar-refractivity contribution in [3.05, 3.63) is 23.5 Å². The van der Waals surface area contributed by atoms with Gasteiger partial charge in [0.2, 0.25) is 5.91 Å². The molecule has 25 heavy (non-hydrogen) atoms. The van der Waals surface area contributed by atoms with E-state index >= 15 is 0 Å². The summed E-state index contributed by atoms with van der Waals surface area (Å²) in [5, 5.41) is 9.60. The first-order valence-electron chi connectivity index (χ1n) is 8.61. The summed E-state index contributed by atoms with van der Waals surface area (Å²) in [6.45, 7) is 7.64. The Morgan fingerprint density at radius 3 is 2.64 bits per heavy atom. The summed E-state index contributed by atoms with van der Waals surface area (Å²) in [5.41, 5.74) is -0.0982. The van der Waals surface area contributed by atoms with E-state index in [1.807, 2.05) is 0 Å². The van der Waals surface area contributed by atoms with Crippen LogP contribution in [0.25, 0.3) is 0 Å². The van der Waals surface area contributed by atoms with E-state index in [1.165, 1.54) is 0 Å². The summed E-state index contributed by atoms with van der Waals surface area (Å²) < 4.78 is 5.38. The molecule has 0 unspecified atom stereocenters. The van der Waals surface area contributed by atoms with Gasteiger partial charge in [-0.05, 0) is 65.0 Å². The van der Waals surface area contributed by atoms with Crippen molar-refractivity contribution in [2.24, 2.45) is 11.3 Å². The number of carbonyl (C=O) groups is 2. The van der Waals surface area contributed by atoms with E-state index in [1.54, 1.807) is 44.7 Å². The number of rotatable bonds is 3. The zero-order chi connectivity index (χ0) is 18.4. The van der Waals surface area contributed by atoms with E-state index in [9.17, 15) is 14.9 Å². The van der Waals surface area contributed by atoms with Crippen LogP contribution in [0.3, 0.4) is 0 Å². The molecule has 1 saturated heterocycles. The van der Waals surface area contributed by atoms with Gasteiger partial charge in [-0.15, -0.1) is 0 Å². The topological polar surface area (TPSA) is 83.3 Å². The zero-order valence-electron chi connectivity index (χ0n) is 15.1. The monoisotopic (exact) mass is 341 g/mol. The number of carbonyl (C=O) groups excluding carboxylic acids is 2. The zero-order valence-corrected chi connectivity index (χ0v) is 15.1. The Kier molecular flexibility index (Phi) is 4.06. The van der Waals surface area contributed by atoms with Gasteiger partial charge in [-0.25, -0.2) is 9.78 Å². The lowest BCUT2D eigenvalue weighted by Gasteiger charge is -2.22. The van der Waals surface area contributed by atoms with Crippen molar-refractivity contribution in [3.63, 3.8) is 0 Å². The van der Waals surface area contributed by atoms with E-state index in [0.717, 1.165) is 12.8 Å². The Morgan fingerprint density at radius 2 is 2.08 bits per heavy atom. The normalized spacial score (nSPS) is 23.5. The first-order valence-corrected chi connectivity index (χ1v) is 8.61. The summed E-state index contributed by atoms with van der Waals surface area (Å²) in [4.78, 5) is 31.1. The molecule has 2 heterocycles. The van der Waals surface area contributed by atoms with Crippen LogP contribution in [0.5, 0.6) is 0 Å². The highest BCUT2D eigenvalue weighted by Gasteiger charge is 2.56. The fourth-order valence-electron chi connectivity index (χ4n) is 3.37. The van der Waals surface area contributed by atoms with Crippen LogP contribution < -0.4 is 4.90 Å². The van der Waals surface area contributed by atoms with Crippen LogP contribution in [-0.2, 0) is 9.53 Å². The van der Waals surface area contributed by atoms with Crippen LogP contribution in [-0.4, -0.2) is 29.0 Å². The second-order valence-corrected chi connectivity index (χ2v) is 7.92. The van der Waals surface area contributed by atoms with Gasteiger partial charge >= 0.3 is 5.97 Å². The van der Waals surface area contributed by atoms with Crippen molar-refractivity contribution in [2.75, 3.05) is 11.4 Å². The molecule has 1 aromatic heterocycles. The highest BCUT2D eigenvalue weighted by atomic mass is 16.6. The third-order valence-electron chi connectivity index (χ3n) is 4.69. The lowest BCUT2D eigenvalue weighted by molar-refractivity contribution is -0.123. The SMILES string of the molecule is Cc1cc(N2CC[C@@](C#N)(C3CC3)C2=O)cc(C(=O)OC(C)(C)C)n1. The Morgan fingerprint density at radius 1 is 1.40 bits per heavy atom. The predicted octanol–water partition coefficient (Wildman–Crippen LogP) is 3.00. The maximum absolute atomic E-state index is 12.9. The second kappa shape index (κ2) is 5.83. The largest absolute Gasteiger partial charge is 0.455 e. The molecule has 2 aliphatic rings. The van der Waals surface area contributed by atoms with Crippen LogP contribution in [0, 0.1) is 29.6 Å².